The number of halogens is 1. The maximum absolute atomic E-state index is 12.1. The number of cyclic esters (lactones) is 1. The van der Waals surface area contributed by atoms with Gasteiger partial charge in [0.2, 0.25) is 5.90 Å². The number of carbonyl (C=O) groups is 1. The monoisotopic (exact) mass is 366 g/mol. The average Bonchev–Trinajstić information content (AvgIpc) is 3.24. The normalized spacial score (nSPS) is 15.3. The van der Waals surface area contributed by atoms with Crippen molar-refractivity contribution in [2.45, 2.75) is 0 Å². The fraction of sp³-hybridized carbons (Fsp3) is 0. The van der Waals surface area contributed by atoms with Crippen molar-refractivity contribution in [1.29, 1.82) is 0 Å². The number of aliphatic imine (C=N–C) groups is 1. The van der Waals surface area contributed by atoms with Crippen LogP contribution < -0.4 is 0 Å². The molecule has 0 spiro atoms. The molecule has 0 N–H and O–H groups in total. The molecule has 3 aromatic rings. The number of thiazole rings is 1. The molecular formula is C19H11ClN2O2S. The summed E-state index contributed by atoms with van der Waals surface area (Å²) in [7, 11) is 0. The second-order valence-electron chi connectivity index (χ2n) is 5.29. The van der Waals surface area contributed by atoms with Crippen molar-refractivity contribution in [1.82, 2.24) is 4.98 Å². The van der Waals surface area contributed by atoms with Crippen LogP contribution >= 0.6 is 22.9 Å². The Hall–Kier alpha value is -2.76. The zero-order valence-corrected chi connectivity index (χ0v) is 14.4. The van der Waals surface area contributed by atoms with Gasteiger partial charge in [-0.2, -0.15) is 0 Å². The molecule has 0 saturated carbocycles. The summed E-state index contributed by atoms with van der Waals surface area (Å²) in [5.41, 5.74) is 2.59. The van der Waals surface area contributed by atoms with Crippen LogP contribution in [0.3, 0.4) is 0 Å². The van der Waals surface area contributed by atoms with E-state index in [1.165, 1.54) is 11.3 Å². The van der Waals surface area contributed by atoms with E-state index in [2.05, 4.69) is 9.98 Å². The molecule has 1 aromatic heterocycles. The number of aromatic nitrogens is 1. The van der Waals surface area contributed by atoms with Gasteiger partial charge >= 0.3 is 5.97 Å². The molecule has 0 saturated heterocycles. The Morgan fingerprint density at radius 3 is 2.64 bits per heavy atom. The molecule has 25 heavy (non-hydrogen) atoms. The summed E-state index contributed by atoms with van der Waals surface area (Å²) in [6.07, 6.45) is 1.63. The number of ether oxygens (including phenoxy) is 1. The van der Waals surface area contributed by atoms with Crippen molar-refractivity contribution in [3.8, 4) is 10.6 Å². The van der Waals surface area contributed by atoms with Gasteiger partial charge in [0.25, 0.3) is 0 Å². The molecule has 2 aromatic carbocycles. The molecule has 4 nitrogen and oxygen atoms in total. The second-order valence-corrected chi connectivity index (χ2v) is 6.58. The van der Waals surface area contributed by atoms with Gasteiger partial charge in [-0.3, -0.25) is 0 Å². The van der Waals surface area contributed by atoms with Gasteiger partial charge in [0.15, 0.2) is 5.70 Å². The SMILES string of the molecule is O=C1OC(c2cccc(Cl)c2)=N/C1=C\c1csc(-c2ccccc2)n1. The molecule has 1 aliphatic rings. The summed E-state index contributed by atoms with van der Waals surface area (Å²) >= 11 is 7.48. The fourth-order valence-electron chi connectivity index (χ4n) is 2.36. The van der Waals surface area contributed by atoms with Crippen LogP contribution in [0.5, 0.6) is 0 Å². The number of hydrogen-bond acceptors (Lipinski definition) is 5. The largest absolute Gasteiger partial charge is 0.402 e. The van der Waals surface area contributed by atoms with Crippen LogP contribution in [-0.4, -0.2) is 16.9 Å². The van der Waals surface area contributed by atoms with Gasteiger partial charge in [-0.05, 0) is 24.3 Å². The summed E-state index contributed by atoms with van der Waals surface area (Å²) in [6, 6.07) is 16.9. The number of carbonyl (C=O) groups excluding carboxylic acids is 1. The van der Waals surface area contributed by atoms with E-state index in [1.54, 1.807) is 30.3 Å². The van der Waals surface area contributed by atoms with Crippen LogP contribution in [0.15, 0.2) is 70.7 Å². The minimum absolute atomic E-state index is 0.222. The highest BCUT2D eigenvalue weighted by Crippen LogP contribution is 2.26. The van der Waals surface area contributed by atoms with Gasteiger partial charge in [-0.1, -0.05) is 48.0 Å². The molecule has 4 rings (SSSR count). The van der Waals surface area contributed by atoms with E-state index in [1.807, 2.05) is 35.7 Å². The standard InChI is InChI=1S/C19H11ClN2O2S/c20-14-8-4-7-13(9-14)17-22-16(19(23)24-17)10-15-11-25-18(21-15)12-5-2-1-3-6-12/h1-11H/b16-10-. The second kappa shape index (κ2) is 6.63. The van der Waals surface area contributed by atoms with Gasteiger partial charge in [0.1, 0.15) is 5.01 Å². The van der Waals surface area contributed by atoms with Crippen molar-refractivity contribution < 1.29 is 9.53 Å². The van der Waals surface area contributed by atoms with Crippen LogP contribution in [-0.2, 0) is 9.53 Å². The van der Waals surface area contributed by atoms with E-state index in [4.69, 9.17) is 16.3 Å². The first-order chi connectivity index (χ1) is 12.2. The lowest BCUT2D eigenvalue weighted by Gasteiger charge is -1.98. The molecule has 0 atom stereocenters. The lowest BCUT2D eigenvalue weighted by Crippen LogP contribution is -2.05. The van der Waals surface area contributed by atoms with Crippen LogP contribution in [0.2, 0.25) is 5.02 Å². The van der Waals surface area contributed by atoms with E-state index >= 15 is 0 Å². The highest BCUT2D eigenvalue weighted by atomic mass is 35.5. The fourth-order valence-corrected chi connectivity index (χ4v) is 3.33. The molecule has 0 aliphatic carbocycles. The Morgan fingerprint density at radius 1 is 1.04 bits per heavy atom. The van der Waals surface area contributed by atoms with Gasteiger partial charge in [-0.15, -0.1) is 11.3 Å². The highest BCUT2D eigenvalue weighted by Gasteiger charge is 2.24. The first-order valence-electron chi connectivity index (χ1n) is 7.48. The Bertz CT molecular complexity index is 1010. The molecule has 122 valence electrons. The van der Waals surface area contributed by atoms with Crippen molar-refractivity contribution in [2.75, 3.05) is 0 Å². The van der Waals surface area contributed by atoms with Gasteiger partial charge in [0, 0.05) is 21.5 Å². The number of esters is 1. The summed E-state index contributed by atoms with van der Waals surface area (Å²) < 4.78 is 5.24. The van der Waals surface area contributed by atoms with Gasteiger partial charge in [-0.25, -0.2) is 14.8 Å². The number of hydrogen-bond donors (Lipinski definition) is 0. The minimum Gasteiger partial charge on any atom is -0.402 e. The third-order valence-corrected chi connectivity index (χ3v) is 4.66. The first-order valence-corrected chi connectivity index (χ1v) is 8.74. The quantitative estimate of drug-likeness (QED) is 0.493. The molecule has 0 radical (unpaired) electrons. The van der Waals surface area contributed by atoms with Gasteiger partial charge < -0.3 is 4.74 Å². The molecule has 0 fully saturated rings. The van der Waals surface area contributed by atoms with Crippen LogP contribution in [0.4, 0.5) is 0 Å². The zero-order chi connectivity index (χ0) is 17.2. The van der Waals surface area contributed by atoms with E-state index in [9.17, 15) is 4.79 Å². The number of benzene rings is 2. The summed E-state index contributed by atoms with van der Waals surface area (Å²) in [4.78, 5) is 20.9. The highest BCUT2D eigenvalue weighted by molar-refractivity contribution is 7.13. The smallest absolute Gasteiger partial charge is 0.363 e. The third-order valence-electron chi connectivity index (χ3n) is 3.52. The molecule has 1 aliphatic heterocycles. The lowest BCUT2D eigenvalue weighted by atomic mass is 10.2. The lowest BCUT2D eigenvalue weighted by molar-refractivity contribution is -0.129. The van der Waals surface area contributed by atoms with E-state index in [0.717, 1.165) is 10.6 Å². The van der Waals surface area contributed by atoms with Crippen LogP contribution in [0.1, 0.15) is 11.3 Å². The molecule has 6 heteroatoms. The number of rotatable bonds is 3. The maximum Gasteiger partial charge on any atom is 0.363 e. The predicted molar refractivity (Wildman–Crippen MR) is 99.6 cm³/mol. The summed E-state index contributed by atoms with van der Waals surface area (Å²) in [6.45, 7) is 0. The third kappa shape index (κ3) is 3.38. The summed E-state index contributed by atoms with van der Waals surface area (Å²) in [5, 5.41) is 3.33. The molecular weight excluding hydrogens is 356 g/mol. The topological polar surface area (TPSA) is 51.5 Å². The Balaban J connectivity index is 1.63. The summed E-state index contributed by atoms with van der Waals surface area (Å²) in [5.74, 6) is -0.249. The predicted octanol–water partition coefficient (Wildman–Crippen LogP) is 4.81. The molecule has 0 unspecified atom stereocenters. The van der Waals surface area contributed by atoms with Crippen molar-refractivity contribution in [3.05, 3.63) is 82.0 Å². The average molecular weight is 367 g/mol. The first kappa shape index (κ1) is 15.7. The molecule has 0 bridgehead atoms. The Morgan fingerprint density at radius 2 is 1.84 bits per heavy atom. The number of nitrogens with zero attached hydrogens (tertiary/aromatic N) is 2. The molecule has 0 amide bonds. The van der Waals surface area contributed by atoms with Gasteiger partial charge in [0.05, 0.1) is 5.69 Å². The van der Waals surface area contributed by atoms with E-state index < -0.39 is 5.97 Å². The van der Waals surface area contributed by atoms with Crippen molar-refractivity contribution in [2.24, 2.45) is 4.99 Å². The minimum atomic E-state index is -0.496. The molecule has 2 heterocycles. The zero-order valence-electron chi connectivity index (χ0n) is 12.8. The van der Waals surface area contributed by atoms with E-state index in [-0.39, 0.29) is 11.6 Å². The van der Waals surface area contributed by atoms with E-state index in [0.29, 0.717) is 16.3 Å². The Kier molecular flexibility index (Phi) is 4.17. The maximum atomic E-state index is 12.1. The van der Waals surface area contributed by atoms with Crippen LogP contribution in [0, 0.1) is 0 Å². The van der Waals surface area contributed by atoms with Crippen molar-refractivity contribution in [3.63, 3.8) is 0 Å². The van der Waals surface area contributed by atoms with Crippen molar-refractivity contribution >= 4 is 40.9 Å². The van der Waals surface area contributed by atoms with Crippen LogP contribution in [0.25, 0.3) is 16.6 Å². The Labute approximate surface area is 153 Å².